The van der Waals surface area contributed by atoms with Gasteiger partial charge in [0.1, 0.15) is 0 Å². The fourth-order valence-corrected chi connectivity index (χ4v) is 5.55. The van der Waals surface area contributed by atoms with Crippen molar-refractivity contribution in [2.75, 3.05) is 0 Å². The highest BCUT2D eigenvalue weighted by Gasteiger charge is 2.41. The minimum atomic E-state index is -0.307. The molecule has 0 heteroatoms. The number of hydrogen-bond acceptors (Lipinski definition) is 0. The lowest BCUT2D eigenvalue weighted by Gasteiger charge is -2.39. The fraction of sp³-hybridized carbons (Fsp3) is 0.290. The summed E-state index contributed by atoms with van der Waals surface area (Å²) in [6, 6.07) is 21.2. The van der Waals surface area contributed by atoms with Crippen molar-refractivity contribution >= 4 is 0 Å². The molecular weight excluding hydrogens is 372 g/mol. The van der Waals surface area contributed by atoms with Crippen LogP contribution in [-0.2, 0) is 5.41 Å². The van der Waals surface area contributed by atoms with E-state index in [4.69, 9.17) is 0 Å². The van der Waals surface area contributed by atoms with Crippen molar-refractivity contribution in [1.82, 2.24) is 0 Å². The first kappa shape index (κ1) is 21.4. The van der Waals surface area contributed by atoms with Crippen LogP contribution in [0, 0.1) is 41.5 Å². The van der Waals surface area contributed by atoms with Gasteiger partial charge in [0.15, 0.2) is 0 Å². The molecular formula is C31H34. The molecule has 4 rings (SSSR count). The molecule has 0 saturated heterocycles. The normalized spacial score (nSPS) is 13.9. The molecule has 158 valence electrons. The highest BCUT2D eigenvalue weighted by atomic mass is 14.4. The molecule has 0 nitrogen and oxygen atoms in total. The van der Waals surface area contributed by atoms with Crippen LogP contribution in [0.15, 0.2) is 77.9 Å². The lowest BCUT2D eigenvalue weighted by atomic mass is 9.63. The minimum absolute atomic E-state index is 0.307. The molecule has 1 aliphatic rings. The van der Waals surface area contributed by atoms with Crippen molar-refractivity contribution in [3.8, 4) is 0 Å². The zero-order chi connectivity index (χ0) is 22.3. The van der Waals surface area contributed by atoms with Crippen LogP contribution < -0.4 is 0 Å². The van der Waals surface area contributed by atoms with Crippen LogP contribution in [0.25, 0.3) is 0 Å². The number of rotatable bonds is 4. The molecule has 0 N–H and O–H groups in total. The summed E-state index contributed by atoms with van der Waals surface area (Å²) in [6.45, 7) is 15.5. The van der Waals surface area contributed by atoms with E-state index < -0.39 is 0 Å². The summed E-state index contributed by atoms with van der Waals surface area (Å²) < 4.78 is 0. The summed E-state index contributed by atoms with van der Waals surface area (Å²) in [4.78, 5) is 0. The smallest absolute Gasteiger partial charge is 0.0668 e. The van der Waals surface area contributed by atoms with Gasteiger partial charge in [0, 0.05) is 0 Å². The lowest BCUT2D eigenvalue weighted by Crippen LogP contribution is -2.32. The standard InChI is InChI=1S/C31H34/c1-20-8-9-27(13-20)31(28-14-21(2)10-22(3)15-28,29-16-23(4)11-24(5)17-29)30-18-25(6)12-26(7)19-30/h8,10-19H,9H2,1-7H3. The molecule has 0 unspecified atom stereocenters. The summed E-state index contributed by atoms with van der Waals surface area (Å²) in [5.41, 5.74) is 14.5. The molecule has 0 bridgehead atoms. The second-order valence-corrected chi connectivity index (χ2v) is 9.70. The van der Waals surface area contributed by atoms with E-state index >= 15 is 0 Å². The van der Waals surface area contributed by atoms with E-state index in [0.717, 1.165) is 6.42 Å². The highest BCUT2D eigenvalue weighted by molar-refractivity contribution is 5.63. The van der Waals surface area contributed by atoms with Crippen LogP contribution in [0.4, 0.5) is 0 Å². The van der Waals surface area contributed by atoms with Crippen molar-refractivity contribution in [2.45, 2.75) is 60.3 Å². The molecule has 0 atom stereocenters. The molecule has 0 saturated carbocycles. The third-order valence-corrected chi connectivity index (χ3v) is 6.49. The maximum Gasteiger partial charge on any atom is 0.0668 e. The Hall–Kier alpha value is -2.86. The summed E-state index contributed by atoms with van der Waals surface area (Å²) in [5, 5.41) is 0. The molecule has 3 aromatic carbocycles. The maximum atomic E-state index is 2.42. The van der Waals surface area contributed by atoms with Gasteiger partial charge in [-0.15, -0.1) is 0 Å². The van der Waals surface area contributed by atoms with Gasteiger partial charge in [-0.2, -0.15) is 0 Å². The first-order valence-corrected chi connectivity index (χ1v) is 11.3. The van der Waals surface area contributed by atoms with Gasteiger partial charge in [-0.25, -0.2) is 0 Å². The molecule has 0 aromatic heterocycles. The lowest BCUT2D eigenvalue weighted by molar-refractivity contribution is 0.706. The van der Waals surface area contributed by atoms with Crippen LogP contribution in [0.3, 0.4) is 0 Å². The first-order valence-electron chi connectivity index (χ1n) is 11.3. The third kappa shape index (κ3) is 3.92. The van der Waals surface area contributed by atoms with Gasteiger partial charge >= 0.3 is 0 Å². The van der Waals surface area contributed by atoms with E-state index in [0.29, 0.717) is 0 Å². The Morgan fingerprint density at radius 2 is 0.806 bits per heavy atom. The Morgan fingerprint density at radius 1 is 0.484 bits per heavy atom. The predicted molar refractivity (Wildman–Crippen MR) is 134 cm³/mol. The summed E-state index contributed by atoms with van der Waals surface area (Å²) in [5.74, 6) is 0. The molecule has 0 radical (unpaired) electrons. The SMILES string of the molecule is CC1=CCC(C(c2cc(C)cc(C)c2)(c2cc(C)cc(C)c2)c2cc(C)cc(C)c2)=C1. The predicted octanol–water partition coefficient (Wildman–Crippen LogP) is 8.15. The molecule has 0 fully saturated rings. The van der Waals surface area contributed by atoms with Gasteiger partial charge in [0.05, 0.1) is 5.41 Å². The highest BCUT2D eigenvalue weighted by Crippen LogP contribution is 2.49. The molecule has 0 aliphatic heterocycles. The fourth-order valence-electron chi connectivity index (χ4n) is 5.55. The molecule has 3 aromatic rings. The first-order chi connectivity index (χ1) is 14.7. The van der Waals surface area contributed by atoms with Gasteiger partial charge in [-0.05, 0) is 77.2 Å². The monoisotopic (exact) mass is 406 g/mol. The number of allylic oxidation sites excluding steroid dienone is 4. The molecule has 0 heterocycles. The largest absolute Gasteiger partial charge is 0.0775 e. The zero-order valence-corrected chi connectivity index (χ0v) is 20.1. The third-order valence-electron chi connectivity index (χ3n) is 6.49. The van der Waals surface area contributed by atoms with Crippen LogP contribution in [0.1, 0.15) is 63.4 Å². The number of hydrogen-bond donors (Lipinski definition) is 0. The topological polar surface area (TPSA) is 0 Å². The van der Waals surface area contributed by atoms with Crippen molar-refractivity contribution in [3.63, 3.8) is 0 Å². The molecule has 1 aliphatic carbocycles. The van der Waals surface area contributed by atoms with Crippen LogP contribution in [0.2, 0.25) is 0 Å². The Labute approximate surface area is 188 Å². The van der Waals surface area contributed by atoms with Gasteiger partial charge in [-0.1, -0.05) is 106 Å². The van der Waals surface area contributed by atoms with Gasteiger partial charge in [0.25, 0.3) is 0 Å². The Balaban J connectivity index is 2.19. The molecule has 31 heavy (non-hydrogen) atoms. The van der Waals surface area contributed by atoms with E-state index in [2.05, 4.69) is 115 Å². The van der Waals surface area contributed by atoms with Crippen molar-refractivity contribution in [1.29, 1.82) is 0 Å². The Bertz CT molecular complexity index is 1030. The average molecular weight is 407 g/mol. The molecule has 0 amide bonds. The summed E-state index contributed by atoms with van der Waals surface area (Å²) >= 11 is 0. The average Bonchev–Trinajstić information content (AvgIpc) is 3.06. The zero-order valence-electron chi connectivity index (χ0n) is 20.1. The van der Waals surface area contributed by atoms with Crippen molar-refractivity contribution in [3.05, 3.63) is 128 Å². The Morgan fingerprint density at radius 3 is 1.06 bits per heavy atom. The minimum Gasteiger partial charge on any atom is -0.0775 e. The van der Waals surface area contributed by atoms with E-state index in [1.165, 1.54) is 61.2 Å². The maximum absolute atomic E-state index is 2.42. The second-order valence-electron chi connectivity index (χ2n) is 9.70. The van der Waals surface area contributed by atoms with Crippen LogP contribution >= 0.6 is 0 Å². The van der Waals surface area contributed by atoms with Gasteiger partial charge in [-0.3, -0.25) is 0 Å². The number of benzene rings is 3. The van der Waals surface area contributed by atoms with E-state index in [1.54, 1.807) is 0 Å². The van der Waals surface area contributed by atoms with E-state index in [1.807, 2.05) is 0 Å². The van der Waals surface area contributed by atoms with Gasteiger partial charge in [0.2, 0.25) is 0 Å². The Kier molecular flexibility index (Phi) is 5.52. The van der Waals surface area contributed by atoms with Crippen molar-refractivity contribution < 1.29 is 0 Å². The van der Waals surface area contributed by atoms with Gasteiger partial charge < -0.3 is 0 Å². The summed E-state index contributed by atoms with van der Waals surface area (Å²) in [7, 11) is 0. The van der Waals surface area contributed by atoms with E-state index in [-0.39, 0.29) is 5.41 Å². The number of aryl methyl sites for hydroxylation is 6. The van der Waals surface area contributed by atoms with E-state index in [9.17, 15) is 0 Å². The van der Waals surface area contributed by atoms with Crippen LogP contribution in [0.5, 0.6) is 0 Å². The quantitative estimate of drug-likeness (QED) is 0.383. The van der Waals surface area contributed by atoms with Crippen molar-refractivity contribution in [2.24, 2.45) is 0 Å². The summed E-state index contributed by atoms with van der Waals surface area (Å²) in [6.07, 6.45) is 5.78. The second kappa shape index (κ2) is 8.00. The van der Waals surface area contributed by atoms with Crippen LogP contribution in [-0.4, -0.2) is 0 Å². The molecule has 0 spiro atoms.